The summed E-state index contributed by atoms with van der Waals surface area (Å²) in [7, 11) is 0. The number of esters is 1. The number of hydrogen-bond acceptors (Lipinski definition) is 5. The monoisotopic (exact) mass is 471 g/mol. The van der Waals surface area contributed by atoms with Gasteiger partial charge in [-0.25, -0.2) is 0 Å². The highest BCUT2D eigenvalue weighted by atomic mass is 32.2. The van der Waals surface area contributed by atoms with Crippen LogP contribution in [0.4, 0.5) is 0 Å². The fraction of sp³-hybridized carbons (Fsp3) is 0.556. The van der Waals surface area contributed by atoms with E-state index in [2.05, 4.69) is 54.4 Å². The highest BCUT2D eigenvalue weighted by Gasteiger charge is 2.21. The number of carbonyl (C=O) groups excluding carboxylic acids is 1. The fourth-order valence-corrected chi connectivity index (χ4v) is 6.23. The average Bonchev–Trinajstić information content (AvgIpc) is 3.28. The van der Waals surface area contributed by atoms with Crippen LogP contribution < -0.4 is 0 Å². The van der Waals surface area contributed by atoms with Crippen LogP contribution in [0.2, 0.25) is 0 Å². The fourth-order valence-electron chi connectivity index (χ4n) is 3.96. The van der Waals surface area contributed by atoms with E-state index in [4.69, 9.17) is 4.74 Å². The van der Waals surface area contributed by atoms with E-state index in [0.29, 0.717) is 13.0 Å². The maximum absolute atomic E-state index is 12.0. The number of ether oxygens (including phenoxy) is 1. The summed E-state index contributed by atoms with van der Waals surface area (Å²) in [6.07, 6.45) is 11.9. The Bertz CT molecular complexity index is 862. The molecular weight excluding hydrogens is 434 g/mol. The lowest BCUT2D eigenvalue weighted by atomic mass is 10.1. The van der Waals surface area contributed by atoms with Gasteiger partial charge in [0.05, 0.1) is 11.8 Å². The summed E-state index contributed by atoms with van der Waals surface area (Å²) < 4.78 is 6.63. The summed E-state index contributed by atoms with van der Waals surface area (Å²) in [5.74, 6) is 0.864. The topological polar surface area (TPSA) is 38.7 Å². The van der Waals surface area contributed by atoms with Crippen LogP contribution in [0.1, 0.15) is 76.7 Å². The van der Waals surface area contributed by atoms with Gasteiger partial charge < -0.3 is 4.74 Å². The molecule has 3 nitrogen and oxygen atoms in total. The standard InChI is InChI=1S/C27H37NO2S2/c1-2-3-4-5-6-7-8-9-10-18-26(29)30-20-24-19-28-27(32-24)31-21-23-16-13-15-22-14-11-12-17-25(22)23/h11-17,24H,2-10,18-21H2,1H3. The van der Waals surface area contributed by atoms with Crippen LogP contribution in [0.25, 0.3) is 10.8 Å². The van der Waals surface area contributed by atoms with Crippen molar-refractivity contribution < 1.29 is 9.53 Å². The quantitative estimate of drug-likeness (QED) is 0.207. The first-order valence-electron chi connectivity index (χ1n) is 12.2. The third-order valence-electron chi connectivity index (χ3n) is 5.84. The molecule has 32 heavy (non-hydrogen) atoms. The predicted molar refractivity (Wildman–Crippen MR) is 142 cm³/mol. The van der Waals surface area contributed by atoms with Crippen molar-refractivity contribution >= 4 is 44.6 Å². The Hall–Kier alpha value is -1.46. The lowest BCUT2D eigenvalue weighted by Gasteiger charge is -2.10. The van der Waals surface area contributed by atoms with E-state index in [0.717, 1.165) is 29.5 Å². The lowest BCUT2D eigenvalue weighted by molar-refractivity contribution is -0.143. The average molecular weight is 472 g/mol. The van der Waals surface area contributed by atoms with Crippen LogP contribution in [-0.2, 0) is 15.3 Å². The normalized spacial score (nSPS) is 15.8. The second-order valence-corrected chi connectivity index (χ2v) is 11.0. The van der Waals surface area contributed by atoms with E-state index < -0.39 is 0 Å². The summed E-state index contributed by atoms with van der Waals surface area (Å²) >= 11 is 3.55. The predicted octanol–water partition coefficient (Wildman–Crippen LogP) is 8.01. The number of hydrogen-bond donors (Lipinski definition) is 0. The molecule has 0 radical (unpaired) electrons. The van der Waals surface area contributed by atoms with E-state index in [-0.39, 0.29) is 11.2 Å². The third kappa shape index (κ3) is 8.82. The molecule has 0 aliphatic carbocycles. The molecule has 5 heteroatoms. The Morgan fingerprint density at radius 3 is 2.53 bits per heavy atom. The van der Waals surface area contributed by atoms with Gasteiger partial charge in [0.15, 0.2) is 0 Å². The van der Waals surface area contributed by atoms with Gasteiger partial charge in [-0.05, 0) is 22.8 Å². The van der Waals surface area contributed by atoms with Gasteiger partial charge >= 0.3 is 5.97 Å². The highest BCUT2D eigenvalue weighted by molar-refractivity contribution is 8.39. The minimum Gasteiger partial charge on any atom is -0.464 e. The molecule has 1 aliphatic heterocycles. The van der Waals surface area contributed by atoms with Gasteiger partial charge in [-0.3, -0.25) is 9.79 Å². The Morgan fingerprint density at radius 2 is 1.72 bits per heavy atom. The van der Waals surface area contributed by atoms with Crippen LogP contribution in [0, 0.1) is 0 Å². The van der Waals surface area contributed by atoms with Gasteiger partial charge in [-0.1, -0.05) is 124 Å². The summed E-state index contributed by atoms with van der Waals surface area (Å²) in [4.78, 5) is 16.7. The third-order valence-corrected chi connectivity index (χ3v) is 8.26. The summed E-state index contributed by atoms with van der Waals surface area (Å²) in [6, 6.07) is 15.0. The summed E-state index contributed by atoms with van der Waals surface area (Å²) in [6.45, 7) is 3.47. The highest BCUT2D eigenvalue weighted by Crippen LogP contribution is 2.32. The van der Waals surface area contributed by atoms with E-state index in [1.54, 1.807) is 23.5 Å². The smallest absolute Gasteiger partial charge is 0.305 e. The van der Waals surface area contributed by atoms with Gasteiger partial charge in [0, 0.05) is 12.2 Å². The lowest BCUT2D eigenvalue weighted by Crippen LogP contribution is -2.16. The van der Waals surface area contributed by atoms with Crippen molar-refractivity contribution in [2.24, 2.45) is 4.99 Å². The molecule has 0 amide bonds. The molecule has 3 rings (SSSR count). The van der Waals surface area contributed by atoms with Crippen molar-refractivity contribution in [1.82, 2.24) is 0 Å². The zero-order valence-corrected chi connectivity index (χ0v) is 21.0. The first-order chi connectivity index (χ1) is 15.8. The SMILES string of the molecule is CCCCCCCCCCCC(=O)OCC1CN=C(SCc2cccc3ccccc23)S1. The summed E-state index contributed by atoms with van der Waals surface area (Å²) in [5.41, 5.74) is 1.34. The maximum atomic E-state index is 12.0. The molecule has 1 atom stereocenters. The van der Waals surface area contributed by atoms with Gasteiger partial charge in [0.25, 0.3) is 0 Å². The zero-order chi connectivity index (χ0) is 22.4. The van der Waals surface area contributed by atoms with Gasteiger partial charge in [-0.15, -0.1) is 0 Å². The first kappa shape index (κ1) is 25.2. The van der Waals surface area contributed by atoms with Crippen molar-refractivity contribution in [1.29, 1.82) is 0 Å². The van der Waals surface area contributed by atoms with Crippen molar-refractivity contribution in [2.75, 3.05) is 13.2 Å². The maximum Gasteiger partial charge on any atom is 0.305 e. The molecular formula is C27H37NO2S2. The van der Waals surface area contributed by atoms with E-state index >= 15 is 0 Å². The second kappa shape index (κ2) is 14.6. The molecule has 0 saturated carbocycles. The molecule has 0 fully saturated rings. The molecule has 0 spiro atoms. The number of thioether (sulfide) groups is 2. The largest absolute Gasteiger partial charge is 0.464 e. The molecule has 0 aromatic heterocycles. The van der Waals surface area contributed by atoms with E-state index in [1.807, 2.05) is 0 Å². The van der Waals surface area contributed by atoms with Crippen molar-refractivity contribution in [3.63, 3.8) is 0 Å². The number of nitrogens with zero attached hydrogens (tertiary/aromatic N) is 1. The number of aliphatic imine (C=N–C) groups is 1. The number of rotatable bonds is 14. The van der Waals surface area contributed by atoms with Crippen LogP contribution in [0.5, 0.6) is 0 Å². The second-order valence-electron chi connectivity index (χ2n) is 8.53. The van der Waals surface area contributed by atoms with E-state index in [9.17, 15) is 4.79 Å². The van der Waals surface area contributed by atoms with Gasteiger partial charge in [-0.2, -0.15) is 0 Å². The van der Waals surface area contributed by atoms with E-state index in [1.165, 1.54) is 61.3 Å². The van der Waals surface area contributed by atoms with Crippen LogP contribution in [0.15, 0.2) is 47.5 Å². The minimum absolute atomic E-state index is 0.0506. The van der Waals surface area contributed by atoms with Crippen molar-refractivity contribution in [2.45, 2.75) is 82.1 Å². The molecule has 1 unspecified atom stereocenters. The molecule has 0 N–H and O–H groups in total. The first-order valence-corrected chi connectivity index (χ1v) is 14.1. The van der Waals surface area contributed by atoms with Crippen LogP contribution in [-0.4, -0.2) is 28.7 Å². The molecule has 1 aliphatic rings. The Balaban J connectivity index is 1.24. The number of fused-ring (bicyclic) bond motifs is 1. The van der Waals surface area contributed by atoms with Crippen LogP contribution in [0.3, 0.4) is 0 Å². The molecule has 1 heterocycles. The zero-order valence-electron chi connectivity index (χ0n) is 19.4. The Morgan fingerprint density at radius 1 is 1.00 bits per heavy atom. The molecule has 174 valence electrons. The number of benzene rings is 2. The Labute approximate surface area is 202 Å². The molecule has 2 aromatic carbocycles. The minimum atomic E-state index is -0.0506. The molecule has 2 aromatic rings. The van der Waals surface area contributed by atoms with Crippen LogP contribution >= 0.6 is 23.5 Å². The molecule has 0 saturated heterocycles. The number of unbranched alkanes of at least 4 members (excludes halogenated alkanes) is 8. The number of carbonyl (C=O) groups is 1. The van der Waals surface area contributed by atoms with Gasteiger partial charge in [0.2, 0.25) is 0 Å². The van der Waals surface area contributed by atoms with Gasteiger partial charge in [0.1, 0.15) is 11.0 Å². The molecule has 0 bridgehead atoms. The summed E-state index contributed by atoms with van der Waals surface area (Å²) in [5, 5.41) is 2.86. The Kier molecular flexibility index (Phi) is 11.5. The van der Waals surface area contributed by atoms with Crippen molar-refractivity contribution in [3.05, 3.63) is 48.0 Å². The van der Waals surface area contributed by atoms with Crippen molar-refractivity contribution in [3.8, 4) is 0 Å².